The minimum absolute atomic E-state index is 0.0422. The molecule has 0 atom stereocenters. The lowest BCUT2D eigenvalue weighted by molar-refractivity contribution is 0.362. The smallest absolute Gasteiger partial charge is 0.126 e. The van der Waals surface area contributed by atoms with Crippen LogP contribution < -0.4 is 0 Å². The first-order valence-corrected chi connectivity index (χ1v) is 5.89. The first kappa shape index (κ1) is 10.4. The molecule has 0 bridgehead atoms. The second-order valence-electron chi connectivity index (χ2n) is 3.71. The van der Waals surface area contributed by atoms with Crippen LogP contribution in [0.3, 0.4) is 0 Å². The van der Waals surface area contributed by atoms with Crippen molar-refractivity contribution < 1.29 is 4.39 Å². The molecule has 0 amide bonds. The van der Waals surface area contributed by atoms with Gasteiger partial charge in [0.1, 0.15) is 5.82 Å². The van der Waals surface area contributed by atoms with Crippen molar-refractivity contribution >= 4 is 22.9 Å². The van der Waals surface area contributed by atoms with E-state index < -0.39 is 0 Å². The summed E-state index contributed by atoms with van der Waals surface area (Å²) in [5, 5.41) is 0. The standard InChI is InChI=1S/C11H13FIN/c12-11-4-2-1-3-10(11)9-5-7-14(13)8-6-9/h1-4,9H,5-8H2. The van der Waals surface area contributed by atoms with Crippen molar-refractivity contribution in [3.05, 3.63) is 35.6 Å². The molecule has 0 radical (unpaired) electrons. The third kappa shape index (κ3) is 2.25. The normalized spacial score (nSPS) is 19.9. The van der Waals surface area contributed by atoms with Gasteiger partial charge in [0.25, 0.3) is 0 Å². The zero-order chi connectivity index (χ0) is 9.97. The molecule has 0 unspecified atom stereocenters. The van der Waals surface area contributed by atoms with Gasteiger partial charge in [-0.3, -0.25) is 0 Å². The zero-order valence-electron chi connectivity index (χ0n) is 7.92. The quantitative estimate of drug-likeness (QED) is 0.568. The molecule has 76 valence electrons. The van der Waals surface area contributed by atoms with Gasteiger partial charge in [0.2, 0.25) is 0 Å². The maximum absolute atomic E-state index is 13.5. The lowest BCUT2D eigenvalue weighted by Gasteiger charge is -2.27. The molecule has 0 N–H and O–H groups in total. The summed E-state index contributed by atoms with van der Waals surface area (Å²) >= 11 is 2.33. The molecule has 1 heterocycles. The Bertz CT molecular complexity index is 308. The van der Waals surface area contributed by atoms with Gasteiger partial charge < -0.3 is 0 Å². The summed E-state index contributed by atoms with van der Waals surface area (Å²) in [6.45, 7) is 2.14. The van der Waals surface area contributed by atoms with E-state index in [-0.39, 0.29) is 5.82 Å². The molecule has 1 aliphatic rings. The van der Waals surface area contributed by atoms with E-state index >= 15 is 0 Å². The Morgan fingerprint density at radius 2 is 1.86 bits per heavy atom. The molecule has 1 aromatic carbocycles. The second-order valence-corrected chi connectivity index (χ2v) is 5.07. The number of halogens is 2. The number of rotatable bonds is 1. The summed E-state index contributed by atoms with van der Waals surface area (Å²) in [5.74, 6) is 0.377. The first-order valence-electron chi connectivity index (χ1n) is 4.92. The second kappa shape index (κ2) is 4.57. The summed E-state index contributed by atoms with van der Waals surface area (Å²) in [4.78, 5) is 0. The van der Waals surface area contributed by atoms with Crippen LogP contribution in [-0.2, 0) is 0 Å². The minimum atomic E-state index is -0.0422. The van der Waals surface area contributed by atoms with Gasteiger partial charge in [0, 0.05) is 36.0 Å². The van der Waals surface area contributed by atoms with Gasteiger partial charge in [0.05, 0.1) is 0 Å². The van der Waals surface area contributed by atoms with Crippen molar-refractivity contribution in [1.29, 1.82) is 0 Å². The number of benzene rings is 1. The molecule has 1 aromatic rings. The fourth-order valence-electron chi connectivity index (χ4n) is 1.97. The molecule has 2 rings (SSSR count). The maximum Gasteiger partial charge on any atom is 0.126 e. The highest BCUT2D eigenvalue weighted by Crippen LogP contribution is 2.30. The van der Waals surface area contributed by atoms with Crippen LogP contribution in [0.1, 0.15) is 24.3 Å². The SMILES string of the molecule is Fc1ccccc1C1CCN(I)CC1. The molecule has 1 saturated heterocycles. The summed E-state index contributed by atoms with van der Waals surface area (Å²) < 4.78 is 15.7. The van der Waals surface area contributed by atoms with Gasteiger partial charge in [0.15, 0.2) is 0 Å². The van der Waals surface area contributed by atoms with Gasteiger partial charge in [-0.2, -0.15) is 0 Å². The average molecular weight is 305 g/mol. The summed E-state index contributed by atoms with van der Waals surface area (Å²) in [6, 6.07) is 7.16. The molecular weight excluding hydrogens is 292 g/mol. The molecule has 0 saturated carbocycles. The summed E-state index contributed by atoms with van der Waals surface area (Å²) in [5.41, 5.74) is 0.900. The zero-order valence-corrected chi connectivity index (χ0v) is 10.1. The molecular formula is C11H13FIN. The number of hydrogen-bond donors (Lipinski definition) is 0. The Hall–Kier alpha value is -0.160. The number of nitrogens with zero attached hydrogens (tertiary/aromatic N) is 1. The van der Waals surface area contributed by atoms with Crippen molar-refractivity contribution in [2.24, 2.45) is 0 Å². The van der Waals surface area contributed by atoms with E-state index in [1.807, 2.05) is 12.1 Å². The molecule has 3 heteroatoms. The third-order valence-electron chi connectivity index (χ3n) is 2.79. The molecule has 0 aromatic heterocycles. The van der Waals surface area contributed by atoms with E-state index in [1.54, 1.807) is 12.1 Å². The van der Waals surface area contributed by atoms with Crippen LogP contribution in [0.25, 0.3) is 0 Å². The van der Waals surface area contributed by atoms with Crippen LogP contribution in [0, 0.1) is 5.82 Å². The van der Waals surface area contributed by atoms with Crippen LogP contribution in [0.4, 0.5) is 4.39 Å². The molecule has 0 aliphatic carbocycles. The van der Waals surface area contributed by atoms with Crippen LogP contribution in [0.15, 0.2) is 24.3 Å². The van der Waals surface area contributed by atoms with Crippen molar-refractivity contribution in [3.63, 3.8) is 0 Å². The van der Waals surface area contributed by atoms with Crippen LogP contribution in [0.5, 0.6) is 0 Å². The highest BCUT2D eigenvalue weighted by molar-refractivity contribution is 14.1. The Balaban J connectivity index is 2.12. The van der Waals surface area contributed by atoms with Crippen LogP contribution in [0.2, 0.25) is 0 Å². The van der Waals surface area contributed by atoms with Crippen molar-refractivity contribution in [1.82, 2.24) is 3.11 Å². The first-order chi connectivity index (χ1) is 6.77. The lowest BCUT2D eigenvalue weighted by Crippen LogP contribution is -2.25. The third-order valence-corrected chi connectivity index (χ3v) is 3.75. The van der Waals surface area contributed by atoms with E-state index in [0.717, 1.165) is 31.5 Å². The van der Waals surface area contributed by atoms with E-state index in [0.29, 0.717) is 5.92 Å². The molecule has 14 heavy (non-hydrogen) atoms. The topological polar surface area (TPSA) is 3.24 Å². The van der Waals surface area contributed by atoms with E-state index in [2.05, 4.69) is 26.0 Å². The van der Waals surface area contributed by atoms with Gasteiger partial charge in [-0.05, 0) is 30.4 Å². The van der Waals surface area contributed by atoms with Gasteiger partial charge >= 0.3 is 0 Å². The molecule has 1 aliphatic heterocycles. The van der Waals surface area contributed by atoms with E-state index in [4.69, 9.17) is 0 Å². The van der Waals surface area contributed by atoms with Crippen LogP contribution in [-0.4, -0.2) is 16.2 Å². The Labute approximate surface area is 97.8 Å². The van der Waals surface area contributed by atoms with Gasteiger partial charge in [-0.15, -0.1) is 0 Å². The van der Waals surface area contributed by atoms with Crippen molar-refractivity contribution in [2.75, 3.05) is 13.1 Å². The molecule has 0 spiro atoms. The maximum atomic E-state index is 13.5. The summed E-state index contributed by atoms with van der Waals surface area (Å²) in [7, 11) is 0. The highest BCUT2D eigenvalue weighted by atomic mass is 127. The highest BCUT2D eigenvalue weighted by Gasteiger charge is 2.20. The van der Waals surface area contributed by atoms with Gasteiger partial charge in [-0.1, -0.05) is 18.2 Å². The lowest BCUT2D eigenvalue weighted by atomic mass is 9.90. The molecule has 1 nitrogen and oxygen atoms in total. The predicted molar refractivity (Wildman–Crippen MR) is 64.0 cm³/mol. The molecule has 1 fully saturated rings. The predicted octanol–water partition coefficient (Wildman–Crippen LogP) is 3.36. The van der Waals surface area contributed by atoms with Crippen molar-refractivity contribution in [3.8, 4) is 0 Å². The average Bonchev–Trinajstić information content (AvgIpc) is 2.20. The fourth-order valence-corrected chi connectivity index (χ4v) is 2.52. The number of piperidine rings is 1. The minimum Gasteiger partial charge on any atom is -0.248 e. The fraction of sp³-hybridized carbons (Fsp3) is 0.455. The largest absolute Gasteiger partial charge is 0.248 e. The monoisotopic (exact) mass is 305 g/mol. The Morgan fingerprint density at radius 1 is 1.21 bits per heavy atom. The van der Waals surface area contributed by atoms with Gasteiger partial charge in [-0.25, -0.2) is 7.50 Å². The summed E-state index contributed by atoms with van der Waals surface area (Å²) in [6.07, 6.45) is 2.15. The van der Waals surface area contributed by atoms with E-state index in [9.17, 15) is 4.39 Å². The van der Waals surface area contributed by atoms with E-state index in [1.165, 1.54) is 0 Å². The number of hydrogen-bond acceptors (Lipinski definition) is 1. The Kier molecular flexibility index (Phi) is 3.38. The van der Waals surface area contributed by atoms with Crippen LogP contribution >= 0.6 is 22.9 Å². The van der Waals surface area contributed by atoms with Crippen molar-refractivity contribution in [2.45, 2.75) is 18.8 Å². The Morgan fingerprint density at radius 3 is 2.50 bits per heavy atom.